The summed E-state index contributed by atoms with van der Waals surface area (Å²) in [7, 11) is -3.61. The fraction of sp³-hybridized carbons (Fsp3) is 0.500. The fourth-order valence-electron chi connectivity index (χ4n) is 2.37. The van der Waals surface area contributed by atoms with Gasteiger partial charge in [0, 0.05) is 18.8 Å². The smallest absolute Gasteiger partial charge is 0.306 e. The second kappa shape index (κ2) is 6.44. The number of rotatable bonds is 5. The Balaban J connectivity index is 2.00. The second-order valence-electron chi connectivity index (χ2n) is 5.17. The van der Waals surface area contributed by atoms with Gasteiger partial charge in [-0.1, -0.05) is 19.1 Å². The van der Waals surface area contributed by atoms with Gasteiger partial charge in [-0.2, -0.15) is 12.7 Å². The van der Waals surface area contributed by atoms with E-state index in [9.17, 15) is 13.2 Å². The highest BCUT2D eigenvalue weighted by atomic mass is 32.2. The maximum atomic E-state index is 12.3. The highest BCUT2D eigenvalue weighted by Crippen LogP contribution is 2.21. The van der Waals surface area contributed by atoms with Gasteiger partial charge in [-0.3, -0.25) is 9.52 Å². The van der Waals surface area contributed by atoms with Crippen LogP contribution in [-0.4, -0.2) is 36.9 Å². The minimum Gasteiger partial charge on any atom is -0.481 e. The minimum atomic E-state index is -3.61. The van der Waals surface area contributed by atoms with Crippen LogP contribution >= 0.6 is 0 Å². The van der Waals surface area contributed by atoms with Crippen molar-refractivity contribution in [2.45, 2.75) is 26.2 Å². The number of aliphatic carboxylic acids is 1. The zero-order chi connectivity index (χ0) is 15.5. The first kappa shape index (κ1) is 15.8. The first-order valence-corrected chi connectivity index (χ1v) is 8.46. The van der Waals surface area contributed by atoms with E-state index in [1.807, 2.05) is 19.1 Å². The van der Waals surface area contributed by atoms with Crippen molar-refractivity contribution < 1.29 is 18.3 Å². The molecule has 0 unspecified atom stereocenters. The maximum Gasteiger partial charge on any atom is 0.306 e. The molecular weight excluding hydrogens is 292 g/mol. The van der Waals surface area contributed by atoms with Crippen LogP contribution in [0.2, 0.25) is 0 Å². The van der Waals surface area contributed by atoms with Crippen LogP contribution in [0.3, 0.4) is 0 Å². The molecule has 1 saturated heterocycles. The molecule has 2 rings (SSSR count). The molecule has 1 fully saturated rings. The van der Waals surface area contributed by atoms with Crippen LogP contribution < -0.4 is 4.72 Å². The highest BCUT2D eigenvalue weighted by Gasteiger charge is 2.30. The van der Waals surface area contributed by atoms with Crippen molar-refractivity contribution in [2.24, 2.45) is 5.92 Å². The normalized spacial score (nSPS) is 17.6. The molecule has 0 radical (unpaired) electrons. The highest BCUT2D eigenvalue weighted by molar-refractivity contribution is 7.90. The van der Waals surface area contributed by atoms with Gasteiger partial charge in [0.05, 0.1) is 5.92 Å². The molecule has 2 N–H and O–H groups in total. The molecule has 7 heteroatoms. The molecule has 0 saturated carbocycles. The van der Waals surface area contributed by atoms with Crippen LogP contribution in [0.1, 0.15) is 25.3 Å². The molecule has 0 aromatic heterocycles. The number of anilines is 1. The second-order valence-corrected chi connectivity index (χ2v) is 6.84. The summed E-state index contributed by atoms with van der Waals surface area (Å²) in [4.78, 5) is 10.9. The van der Waals surface area contributed by atoms with Crippen molar-refractivity contribution >= 4 is 21.9 Å². The lowest BCUT2D eigenvalue weighted by Crippen LogP contribution is -2.42. The van der Waals surface area contributed by atoms with Crippen LogP contribution in [0, 0.1) is 5.92 Å². The number of benzene rings is 1. The van der Waals surface area contributed by atoms with Crippen molar-refractivity contribution in [3.8, 4) is 0 Å². The van der Waals surface area contributed by atoms with E-state index in [4.69, 9.17) is 5.11 Å². The van der Waals surface area contributed by atoms with Gasteiger partial charge in [-0.25, -0.2) is 0 Å². The van der Waals surface area contributed by atoms with Gasteiger partial charge in [-0.05, 0) is 37.0 Å². The van der Waals surface area contributed by atoms with E-state index in [1.54, 1.807) is 12.1 Å². The largest absolute Gasteiger partial charge is 0.481 e. The molecule has 1 aliphatic rings. The van der Waals surface area contributed by atoms with E-state index in [0.717, 1.165) is 12.0 Å². The summed E-state index contributed by atoms with van der Waals surface area (Å²) in [6, 6.07) is 7.24. The quantitative estimate of drug-likeness (QED) is 0.866. The molecule has 0 bridgehead atoms. The van der Waals surface area contributed by atoms with Crippen LogP contribution in [-0.2, 0) is 21.4 Å². The predicted octanol–water partition coefficient (Wildman–Crippen LogP) is 1.70. The van der Waals surface area contributed by atoms with Crippen molar-refractivity contribution in [3.05, 3.63) is 29.8 Å². The van der Waals surface area contributed by atoms with Gasteiger partial charge in [0.25, 0.3) is 0 Å². The molecule has 0 aliphatic carbocycles. The van der Waals surface area contributed by atoms with Crippen molar-refractivity contribution in [3.63, 3.8) is 0 Å². The summed E-state index contributed by atoms with van der Waals surface area (Å²) in [6.45, 7) is 2.50. The average Bonchev–Trinajstić information content (AvgIpc) is 2.48. The summed E-state index contributed by atoms with van der Waals surface area (Å²) in [6.07, 6.45) is 1.60. The minimum absolute atomic E-state index is 0.235. The summed E-state index contributed by atoms with van der Waals surface area (Å²) in [5.74, 6) is -1.30. The van der Waals surface area contributed by atoms with Gasteiger partial charge >= 0.3 is 16.2 Å². The average molecular weight is 312 g/mol. The zero-order valence-corrected chi connectivity index (χ0v) is 12.8. The third-order valence-corrected chi connectivity index (χ3v) is 5.29. The molecule has 1 heterocycles. The monoisotopic (exact) mass is 312 g/mol. The molecule has 1 aromatic carbocycles. The van der Waals surface area contributed by atoms with E-state index in [-0.39, 0.29) is 13.1 Å². The topological polar surface area (TPSA) is 86.7 Å². The Kier molecular flexibility index (Phi) is 4.84. The van der Waals surface area contributed by atoms with Gasteiger partial charge in [0.15, 0.2) is 0 Å². The molecule has 0 atom stereocenters. The van der Waals surface area contributed by atoms with E-state index >= 15 is 0 Å². The Morgan fingerprint density at radius 3 is 2.33 bits per heavy atom. The lowest BCUT2D eigenvalue weighted by Gasteiger charge is -2.29. The van der Waals surface area contributed by atoms with Crippen LogP contribution in [0.5, 0.6) is 0 Å². The summed E-state index contributed by atoms with van der Waals surface area (Å²) in [5.41, 5.74) is 1.66. The lowest BCUT2D eigenvalue weighted by molar-refractivity contribution is -0.142. The molecule has 116 valence electrons. The summed E-state index contributed by atoms with van der Waals surface area (Å²) >= 11 is 0. The SMILES string of the molecule is CCc1ccc(NS(=O)(=O)N2CCC(C(=O)O)CC2)cc1. The number of carbonyl (C=O) groups is 1. The van der Waals surface area contributed by atoms with Gasteiger partial charge in [0.2, 0.25) is 0 Å². The van der Waals surface area contributed by atoms with E-state index < -0.39 is 22.1 Å². The molecule has 0 spiro atoms. The Morgan fingerprint density at radius 2 is 1.86 bits per heavy atom. The van der Waals surface area contributed by atoms with Gasteiger partial charge in [0.1, 0.15) is 0 Å². The first-order chi connectivity index (χ1) is 9.92. The third-order valence-electron chi connectivity index (χ3n) is 3.75. The molecule has 6 nitrogen and oxygen atoms in total. The van der Waals surface area contributed by atoms with E-state index in [0.29, 0.717) is 18.5 Å². The van der Waals surface area contributed by atoms with Crippen LogP contribution in [0.15, 0.2) is 24.3 Å². The summed E-state index contributed by atoms with van der Waals surface area (Å²) < 4.78 is 28.3. The number of hydrogen-bond acceptors (Lipinski definition) is 3. The zero-order valence-electron chi connectivity index (χ0n) is 11.9. The number of nitrogens with zero attached hydrogens (tertiary/aromatic N) is 1. The van der Waals surface area contributed by atoms with Crippen LogP contribution in [0.4, 0.5) is 5.69 Å². The molecule has 1 aromatic rings. The standard InChI is InChI=1S/C14H20N2O4S/c1-2-11-3-5-13(6-4-11)15-21(19,20)16-9-7-12(8-10-16)14(17)18/h3-6,12,15H,2,7-10H2,1H3,(H,17,18). The Morgan fingerprint density at radius 1 is 1.29 bits per heavy atom. The number of aryl methyl sites for hydroxylation is 1. The van der Waals surface area contributed by atoms with Crippen molar-refractivity contribution in [1.29, 1.82) is 0 Å². The number of nitrogens with one attached hydrogen (secondary N) is 1. The van der Waals surface area contributed by atoms with Crippen molar-refractivity contribution in [1.82, 2.24) is 4.31 Å². The molecule has 1 aliphatic heterocycles. The fourth-order valence-corrected chi connectivity index (χ4v) is 3.62. The summed E-state index contributed by atoms with van der Waals surface area (Å²) in [5, 5.41) is 8.93. The van der Waals surface area contributed by atoms with E-state index in [2.05, 4.69) is 4.72 Å². The lowest BCUT2D eigenvalue weighted by atomic mass is 9.99. The van der Waals surface area contributed by atoms with Gasteiger partial charge in [-0.15, -0.1) is 0 Å². The molecule has 21 heavy (non-hydrogen) atoms. The molecular formula is C14H20N2O4S. The Bertz CT molecular complexity index is 590. The van der Waals surface area contributed by atoms with Gasteiger partial charge < -0.3 is 5.11 Å². The Hall–Kier alpha value is -1.60. The number of hydrogen-bond donors (Lipinski definition) is 2. The Labute approximate surface area is 125 Å². The molecule has 0 amide bonds. The number of carboxylic acid groups (broad SMARTS) is 1. The predicted molar refractivity (Wildman–Crippen MR) is 80.3 cm³/mol. The number of carboxylic acids is 1. The number of piperidine rings is 1. The first-order valence-electron chi connectivity index (χ1n) is 7.02. The van der Waals surface area contributed by atoms with Crippen molar-refractivity contribution in [2.75, 3.05) is 17.8 Å². The van der Waals surface area contributed by atoms with Crippen LogP contribution in [0.25, 0.3) is 0 Å². The van der Waals surface area contributed by atoms with E-state index in [1.165, 1.54) is 4.31 Å². The third kappa shape index (κ3) is 3.95. The maximum absolute atomic E-state index is 12.3.